The van der Waals surface area contributed by atoms with Crippen LogP contribution in [0.5, 0.6) is 0 Å². The third-order valence-electron chi connectivity index (χ3n) is 8.44. The van der Waals surface area contributed by atoms with Crippen LogP contribution in [0.4, 0.5) is 0 Å². The zero-order chi connectivity index (χ0) is 28.3. The molecule has 276 valence electrons. The fourth-order valence-electron chi connectivity index (χ4n) is 6.35. The molecule has 4 N–H and O–H groups in total. The summed E-state index contributed by atoms with van der Waals surface area (Å²) in [5.41, 5.74) is 4.55. The van der Waals surface area contributed by atoms with Gasteiger partial charge in [0.1, 0.15) is 6.61 Å². The molecule has 7 unspecified atom stereocenters. The van der Waals surface area contributed by atoms with Crippen molar-refractivity contribution in [3.8, 4) is 0 Å². The Bertz CT molecular complexity index is 852. The summed E-state index contributed by atoms with van der Waals surface area (Å²) in [6.07, 6.45) is 2.41. The number of nitrogens with two attached hydrogens (primary N) is 1. The molecule has 0 aromatic carbocycles. The Balaban J connectivity index is -0.000000361. The van der Waals surface area contributed by atoms with Crippen LogP contribution in [-0.2, 0) is 23.9 Å². The quantitative estimate of drug-likeness (QED) is 0.171. The number of ether oxygens (including phenoxy) is 1. The topological polar surface area (TPSA) is 139 Å². The van der Waals surface area contributed by atoms with E-state index < -0.39 is 40.6 Å². The van der Waals surface area contributed by atoms with E-state index in [1.165, 1.54) is 0 Å². The molecule has 9 heteroatoms. The van der Waals surface area contributed by atoms with Gasteiger partial charge in [0.25, 0.3) is 0 Å². The maximum Gasteiger partial charge on any atom is 0.309 e. The van der Waals surface area contributed by atoms with Gasteiger partial charge in [-0.1, -0.05) is 80.2 Å². The van der Waals surface area contributed by atoms with Gasteiger partial charge in [-0.3, -0.25) is 19.2 Å². The molecule has 2 rings (SSSR count). The van der Waals surface area contributed by atoms with Gasteiger partial charge in [0.2, 0.25) is 11.8 Å². The Hall–Kier alpha value is -2.16. The van der Waals surface area contributed by atoms with E-state index in [9.17, 15) is 24.3 Å². The maximum atomic E-state index is 13.2. The van der Waals surface area contributed by atoms with E-state index in [0.29, 0.717) is 31.2 Å². The zero-order valence-corrected chi connectivity index (χ0v) is 24.0. The van der Waals surface area contributed by atoms with Gasteiger partial charge in [0, 0.05) is 23.4 Å². The van der Waals surface area contributed by atoms with Crippen LogP contribution in [0.25, 0.3) is 0 Å². The molecule has 2 bridgehead atoms. The second kappa shape index (κ2) is 23.2. The highest BCUT2D eigenvalue weighted by atomic mass is 16.5. The third-order valence-corrected chi connectivity index (χ3v) is 8.44. The van der Waals surface area contributed by atoms with Crippen LogP contribution in [0.2, 0.25) is 0 Å². The van der Waals surface area contributed by atoms with Crippen molar-refractivity contribution in [1.82, 2.24) is 10.2 Å². The number of aliphatic carboxylic acids is 1. The number of nitrogens with zero attached hydrogens (tertiary/aromatic N) is 1. The molecule has 0 spiro atoms. The van der Waals surface area contributed by atoms with Crippen LogP contribution in [-0.4, -0.2) is 66.5 Å². The number of carbonyl (C=O) groups is 4. The minimum absolute atomic E-state index is 0. The van der Waals surface area contributed by atoms with E-state index in [4.69, 9.17) is 10.5 Å². The molecular formula is C36H81N3O6. The lowest BCUT2D eigenvalue weighted by molar-refractivity contribution is -0.151. The van der Waals surface area contributed by atoms with E-state index in [-0.39, 0.29) is 103 Å². The van der Waals surface area contributed by atoms with Crippen LogP contribution in [0, 0.1) is 46.8 Å². The molecule has 9 nitrogen and oxygen atoms in total. The SMILES string of the molecule is C.C.C.C.C.C.C.C.CC1C2CC(C(=O)O)C(C2)C1CC(CC(CC(C)(C)C(=O)NC(C)(C)C)C(=O)OCCN(C)C)C(N)=O. The molecule has 0 heterocycles. The number of nitrogens with one attached hydrogen (secondary N) is 1. The Morgan fingerprint density at radius 2 is 1.42 bits per heavy atom. The minimum atomic E-state index is -0.880. The number of esters is 1. The maximum absolute atomic E-state index is 13.2. The lowest BCUT2D eigenvalue weighted by Crippen LogP contribution is -2.48. The van der Waals surface area contributed by atoms with Gasteiger partial charge in [0.15, 0.2) is 0 Å². The molecule has 2 amide bonds. The number of carbonyl (C=O) groups excluding carboxylic acids is 3. The second-order valence-electron chi connectivity index (χ2n) is 13.4. The molecule has 0 aliphatic heterocycles. The summed E-state index contributed by atoms with van der Waals surface area (Å²) >= 11 is 0. The summed E-state index contributed by atoms with van der Waals surface area (Å²) in [6.45, 7) is 12.2. The van der Waals surface area contributed by atoms with Crippen LogP contribution in [0.15, 0.2) is 0 Å². The van der Waals surface area contributed by atoms with Crippen molar-refractivity contribution in [1.29, 1.82) is 0 Å². The van der Waals surface area contributed by atoms with Crippen LogP contribution >= 0.6 is 0 Å². The summed E-state index contributed by atoms with van der Waals surface area (Å²) in [7, 11) is 3.77. The van der Waals surface area contributed by atoms with Crippen LogP contribution in [0.1, 0.15) is 133 Å². The minimum Gasteiger partial charge on any atom is -0.481 e. The van der Waals surface area contributed by atoms with E-state index in [1.807, 2.05) is 39.8 Å². The standard InChI is InChI=1S/C28H49N3O6.8CH4/c1-16-17-12-21(22(13-17)24(33)34)20(16)14-18(23(29)32)11-19(25(35)37-10-9-31(7)8)15-28(5,6)26(36)30-27(2,3)4;;;;;;;;/h16-22H,9-15H2,1-8H3,(H2,29,32)(H,30,36)(H,33,34);8*1H4. The highest BCUT2D eigenvalue weighted by molar-refractivity contribution is 5.84. The predicted molar refractivity (Wildman–Crippen MR) is 195 cm³/mol. The molecule has 0 radical (unpaired) electrons. The van der Waals surface area contributed by atoms with Crippen molar-refractivity contribution in [2.45, 2.75) is 139 Å². The number of hydrogen-bond acceptors (Lipinski definition) is 6. The Morgan fingerprint density at radius 1 is 0.911 bits per heavy atom. The van der Waals surface area contributed by atoms with Crippen molar-refractivity contribution < 1.29 is 29.0 Å². The average molecular weight is 652 g/mol. The smallest absolute Gasteiger partial charge is 0.309 e. The largest absolute Gasteiger partial charge is 0.481 e. The first kappa shape index (κ1) is 58.4. The molecule has 45 heavy (non-hydrogen) atoms. The third kappa shape index (κ3) is 16.3. The number of fused-ring (bicyclic) bond motifs is 2. The number of carboxylic acids is 1. The van der Waals surface area contributed by atoms with Gasteiger partial charge in [-0.25, -0.2) is 0 Å². The number of likely N-dealkylation sites (N-methyl/N-ethyl adjacent to an activating group) is 1. The molecular weight excluding hydrogens is 570 g/mol. The van der Waals surface area contributed by atoms with Crippen molar-refractivity contribution in [3.05, 3.63) is 0 Å². The highest BCUT2D eigenvalue weighted by Crippen LogP contribution is 2.57. The summed E-state index contributed by atoms with van der Waals surface area (Å²) in [5.74, 6) is -2.80. The first-order chi connectivity index (χ1) is 16.9. The molecule has 2 aliphatic rings. The summed E-state index contributed by atoms with van der Waals surface area (Å²) in [4.78, 5) is 52.6. The highest BCUT2D eigenvalue weighted by Gasteiger charge is 2.53. The summed E-state index contributed by atoms with van der Waals surface area (Å²) < 4.78 is 5.57. The molecule has 2 fully saturated rings. The Kier molecular flexibility index (Phi) is 30.1. The number of carboxylic acid groups (broad SMARTS) is 1. The molecule has 2 aliphatic carbocycles. The summed E-state index contributed by atoms with van der Waals surface area (Å²) in [6, 6.07) is 0. The van der Waals surface area contributed by atoms with Gasteiger partial charge in [-0.2, -0.15) is 0 Å². The first-order valence-electron chi connectivity index (χ1n) is 13.6. The van der Waals surface area contributed by atoms with E-state index >= 15 is 0 Å². The van der Waals surface area contributed by atoms with Gasteiger partial charge < -0.3 is 25.8 Å². The van der Waals surface area contributed by atoms with Gasteiger partial charge in [-0.05, 0) is 90.6 Å². The lowest BCUT2D eigenvalue weighted by atomic mass is 9.69. The Morgan fingerprint density at radius 3 is 1.82 bits per heavy atom. The molecule has 7 atom stereocenters. The fourth-order valence-corrected chi connectivity index (χ4v) is 6.35. The molecule has 0 aromatic heterocycles. The number of hydrogen-bond donors (Lipinski definition) is 3. The number of rotatable bonds is 13. The van der Waals surface area contributed by atoms with E-state index in [2.05, 4.69) is 12.2 Å². The molecule has 2 saturated carbocycles. The van der Waals surface area contributed by atoms with Gasteiger partial charge in [-0.15, -0.1) is 0 Å². The fraction of sp³-hybridized carbons (Fsp3) is 0.889. The zero-order valence-electron chi connectivity index (χ0n) is 24.0. The van der Waals surface area contributed by atoms with Gasteiger partial charge >= 0.3 is 11.9 Å². The average Bonchev–Trinajstić information content (AvgIpc) is 3.30. The van der Waals surface area contributed by atoms with Crippen molar-refractivity contribution in [2.24, 2.45) is 52.6 Å². The molecule has 0 aromatic rings. The predicted octanol–water partition coefficient (Wildman–Crippen LogP) is 8.00. The number of primary amides is 1. The van der Waals surface area contributed by atoms with Gasteiger partial charge in [0.05, 0.1) is 11.8 Å². The van der Waals surface area contributed by atoms with Crippen molar-refractivity contribution in [3.63, 3.8) is 0 Å². The molecule has 0 saturated heterocycles. The first-order valence-corrected chi connectivity index (χ1v) is 13.6. The Labute approximate surface area is 281 Å². The number of amides is 2. The second-order valence-corrected chi connectivity index (χ2v) is 13.4. The van der Waals surface area contributed by atoms with E-state index in [0.717, 1.165) is 6.42 Å². The van der Waals surface area contributed by atoms with Crippen LogP contribution < -0.4 is 11.1 Å². The summed E-state index contributed by atoms with van der Waals surface area (Å²) in [5, 5.41) is 12.7. The monoisotopic (exact) mass is 652 g/mol. The van der Waals surface area contributed by atoms with Crippen molar-refractivity contribution >= 4 is 23.8 Å². The van der Waals surface area contributed by atoms with Crippen molar-refractivity contribution in [2.75, 3.05) is 27.2 Å². The van der Waals surface area contributed by atoms with Crippen LogP contribution in [0.3, 0.4) is 0 Å². The lowest BCUT2D eigenvalue weighted by Gasteiger charge is -2.35. The van der Waals surface area contributed by atoms with E-state index in [1.54, 1.807) is 13.8 Å². The normalized spacial score (nSPS) is 22.3.